The molecule has 0 unspecified atom stereocenters. The summed E-state index contributed by atoms with van der Waals surface area (Å²) in [4.78, 5) is 15.2. The molecule has 1 heterocycles. The molecule has 0 saturated carbocycles. The summed E-state index contributed by atoms with van der Waals surface area (Å²) in [5.41, 5.74) is 3.81. The second-order valence-corrected chi connectivity index (χ2v) is 9.07. The zero-order chi connectivity index (χ0) is 23.4. The Bertz CT molecular complexity index is 1200. The Morgan fingerprint density at radius 1 is 0.939 bits per heavy atom. The highest BCUT2D eigenvalue weighted by Crippen LogP contribution is 2.41. The molecule has 0 spiro atoms. The number of aryl methyl sites for hydroxylation is 1. The SMILES string of the molecule is COc1ccc(N2C(=O)C(=Cc3ccc(OCc4ccc(C)cc4)cc3)SC2=S)c(OC)c1. The molecule has 0 aliphatic carbocycles. The summed E-state index contributed by atoms with van der Waals surface area (Å²) in [5.74, 6) is 1.74. The van der Waals surface area contributed by atoms with Crippen molar-refractivity contribution in [3.8, 4) is 17.2 Å². The highest BCUT2D eigenvalue weighted by atomic mass is 32.2. The minimum absolute atomic E-state index is 0.187. The van der Waals surface area contributed by atoms with E-state index >= 15 is 0 Å². The van der Waals surface area contributed by atoms with Gasteiger partial charge in [-0.3, -0.25) is 9.69 Å². The van der Waals surface area contributed by atoms with Crippen molar-refractivity contribution in [3.63, 3.8) is 0 Å². The van der Waals surface area contributed by atoms with Crippen LogP contribution in [0.15, 0.2) is 71.6 Å². The largest absolute Gasteiger partial charge is 0.497 e. The standard InChI is InChI=1S/C26H23NO4S2/c1-17-4-6-19(7-5-17)16-31-20-10-8-18(9-11-20)14-24-25(28)27(26(32)33-24)22-13-12-21(29-2)15-23(22)30-3/h4-15H,16H2,1-3H3. The van der Waals surface area contributed by atoms with Crippen LogP contribution in [0.2, 0.25) is 0 Å². The smallest absolute Gasteiger partial charge is 0.270 e. The lowest BCUT2D eigenvalue weighted by Gasteiger charge is -2.18. The first kappa shape index (κ1) is 22.9. The Kier molecular flexibility index (Phi) is 7.01. The maximum Gasteiger partial charge on any atom is 0.270 e. The predicted octanol–water partition coefficient (Wildman–Crippen LogP) is 6.00. The van der Waals surface area contributed by atoms with Crippen LogP contribution in [0.25, 0.3) is 6.08 Å². The normalized spacial score (nSPS) is 14.6. The van der Waals surface area contributed by atoms with Crippen LogP contribution in [-0.2, 0) is 11.4 Å². The Labute approximate surface area is 203 Å². The van der Waals surface area contributed by atoms with Crippen molar-refractivity contribution in [1.29, 1.82) is 0 Å². The molecule has 33 heavy (non-hydrogen) atoms. The third kappa shape index (κ3) is 5.21. The Hall–Kier alpha value is -3.29. The fourth-order valence-corrected chi connectivity index (χ4v) is 4.59. The quantitative estimate of drug-likeness (QED) is 0.307. The summed E-state index contributed by atoms with van der Waals surface area (Å²) < 4.78 is 17.0. The van der Waals surface area contributed by atoms with E-state index in [1.54, 1.807) is 32.4 Å². The van der Waals surface area contributed by atoms with Gasteiger partial charge in [0.05, 0.1) is 24.8 Å². The summed E-state index contributed by atoms with van der Waals surface area (Å²) in [6, 6.07) is 21.2. The molecule has 1 fully saturated rings. The number of ether oxygens (including phenoxy) is 3. The van der Waals surface area contributed by atoms with Gasteiger partial charge in [0.25, 0.3) is 5.91 Å². The Morgan fingerprint density at radius 2 is 1.64 bits per heavy atom. The van der Waals surface area contributed by atoms with E-state index in [0.717, 1.165) is 16.9 Å². The molecule has 5 nitrogen and oxygen atoms in total. The van der Waals surface area contributed by atoms with Crippen molar-refractivity contribution in [1.82, 2.24) is 0 Å². The monoisotopic (exact) mass is 477 g/mol. The van der Waals surface area contributed by atoms with Crippen molar-refractivity contribution < 1.29 is 19.0 Å². The van der Waals surface area contributed by atoms with E-state index in [0.29, 0.717) is 33.0 Å². The molecule has 1 amide bonds. The molecule has 3 aromatic carbocycles. The zero-order valence-corrected chi connectivity index (χ0v) is 20.2. The molecule has 1 aliphatic rings. The number of carbonyl (C=O) groups is 1. The number of carbonyl (C=O) groups excluding carboxylic acids is 1. The van der Waals surface area contributed by atoms with Gasteiger partial charge in [0.1, 0.15) is 23.9 Å². The topological polar surface area (TPSA) is 48.0 Å². The molecule has 0 bridgehead atoms. The number of benzene rings is 3. The number of anilines is 1. The van der Waals surface area contributed by atoms with Crippen LogP contribution < -0.4 is 19.1 Å². The lowest BCUT2D eigenvalue weighted by Crippen LogP contribution is -2.27. The molecule has 168 valence electrons. The van der Waals surface area contributed by atoms with Gasteiger partial charge < -0.3 is 14.2 Å². The van der Waals surface area contributed by atoms with Crippen LogP contribution in [0.3, 0.4) is 0 Å². The third-order valence-electron chi connectivity index (χ3n) is 5.13. The van der Waals surface area contributed by atoms with E-state index in [9.17, 15) is 4.79 Å². The number of thiocarbonyl (C=S) groups is 1. The zero-order valence-electron chi connectivity index (χ0n) is 18.5. The van der Waals surface area contributed by atoms with E-state index in [-0.39, 0.29) is 5.91 Å². The van der Waals surface area contributed by atoms with E-state index in [4.69, 9.17) is 26.4 Å². The summed E-state index contributed by atoms with van der Waals surface area (Å²) in [6.07, 6.45) is 1.83. The van der Waals surface area contributed by atoms with Crippen LogP contribution in [0.4, 0.5) is 5.69 Å². The van der Waals surface area contributed by atoms with Crippen molar-refractivity contribution >= 4 is 46.0 Å². The number of hydrogen-bond acceptors (Lipinski definition) is 6. The Balaban J connectivity index is 1.47. The Morgan fingerprint density at radius 3 is 2.30 bits per heavy atom. The van der Waals surface area contributed by atoms with Crippen molar-refractivity contribution in [2.45, 2.75) is 13.5 Å². The maximum absolute atomic E-state index is 13.1. The van der Waals surface area contributed by atoms with Gasteiger partial charge in [-0.25, -0.2) is 0 Å². The number of hydrogen-bond donors (Lipinski definition) is 0. The number of methoxy groups -OCH3 is 2. The van der Waals surface area contributed by atoms with Crippen LogP contribution >= 0.6 is 24.0 Å². The van der Waals surface area contributed by atoms with Gasteiger partial charge in [0.15, 0.2) is 4.32 Å². The first-order valence-electron chi connectivity index (χ1n) is 10.3. The number of nitrogens with zero attached hydrogens (tertiary/aromatic N) is 1. The van der Waals surface area contributed by atoms with Gasteiger partial charge in [-0.05, 0) is 48.4 Å². The van der Waals surface area contributed by atoms with Crippen LogP contribution in [0, 0.1) is 6.92 Å². The first-order chi connectivity index (χ1) is 16.0. The summed E-state index contributed by atoms with van der Waals surface area (Å²) in [7, 11) is 3.13. The van der Waals surface area contributed by atoms with Gasteiger partial charge in [0, 0.05) is 6.07 Å². The summed E-state index contributed by atoms with van der Waals surface area (Å²) in [6.45, 7) is 2.56. The highest BCUT2D eigenvalue weighted by Gasteiger charge is 2.35. The van der Waals surface area contributed by atoms with Crippen molar-refractivity contribution in [3.05, 3.63) is 88.3 Å². The summed E-state index contributed by atoms with van der Waals surface area (Å²) in [5, 5.41) is 0. The van der Waals surface area contributed by atoms with Crippen LogP contribution in [-0.4, -0.2) is 24.4 Å². The molecule has 0 atom stereocenters. The van der Waals surface area contributed by atoms with E-state index in [2.05, 4.69) is 31.2 Å². The second kappa shape index (κ2) is 10.1. The minimum atomic E-state index is -0.187. The molecule has 1 saturated heterocycles. The second-order valence-electron chi connectivity index (χ2n) is 7.40. The molecular formula is C26H23NO4S2. The molecule has 0 aromatic heterocycles. The van der Waals surface area contributed by atoms with E-state index < -0.39 is 0 Å². The minimum Gasteiger partial charge on any atom is -0.497 e. The van der Waals surface area contributed by atoms with Crippen molar-refractivity contribution in [2.75, 3.05) is 19.1 Å². The van der Waals surface area contributed by atoms with Gasteiger partial charge in [-0.15, -0.1) is 0 Å². The molecule has 3 aromatic rings. The molecule has 7 heteroatoms. The van der Waals surface area contributed by atoms with Gasteiger partial charge in [-0.2, -0.15) is 0 Å². The first-order valence-corrected chi connectivity index (χ1v) is 11.5. The lowest BCUT2D eigenvalue weighted by molar-refractivity contribution is -0.113. The fourth-order valence-electron chi connectivity index (χ4n) is 3.31. The molecule has 4 rings (SSSR count). The van der Waals surface area contributed by atoms with Crippen molar-refractivity contribution in [2.24, 2.45) is 0 Å². The number of rotatable bonds is 7. The van der Waals surface area contributed by atoms with Gasteiger partial charge in [0.2, 0.25) is 0 Å². The van der Waals surface area contributed by atoms with Gasteiger partial charge >= 0.3 is 0 Å². The summed E-state index contributed by atoms with van der Waals surface area (Å²) >= 11 is 6.76. The highest BCUT2D eigenvalue weighted by molar-refractivity contribution is 8.27. The number of thioether (sulfide) groups is 1. The van der Waals surface area contributed by atoms with Gasteiger partial charge in [-0.1, -0.05) is 65.9 Å². The molecule has 0 radical (unpaired) electrons. The third-order valence-corrected chi connectivity index (χ3v) is 6.43. The molecular weight excluding hydrogens is 454 g/mol. The van der Waals surface area contributed by atoms with Crippen LogP contribution in [0.5, 0.6) is 17.2 Å². The molecule has 0 N–H and O–H groups in total. The predicted molar refractivity (Wildman–Crippen MR) is 137 cm³/mol. The maximum atomic E-state index is 13.1. The lowest BCUT2D eigenvalue weighted by atomic mass is 10.1. The fraction of sp³-hybridized carbons (Fsp3) is 0.154. The van der Waals surface area contributed by atoms with E-state index in [1.807, 2.05) is 30.3 Å². The molecule has 1 aliphatic heterocycles. The number of amides is 1. The average molecular weight is 478 g/mol. The van der Waals surface area contributed by atoms with E-state index in [1.165, 1.54) is 22.2 Å². The average Bonchev–Trinajstić information content (AvgIpc) is 3.11. The van der Waals surface area contributed by atoms with Crippen LogP contribution in [0.1, 0.15) is 16.7 Å².